The summed E-state index contributed by atoms with van der Waals surface area (Å²) < 4.78 is 11.2. The van der Waals surface area contributed by atoms with Gasteiger partial charge in [-0.1, -0.05) is 25.1 Å². The van der Waals surface area contributed by atoms with E-state index in [9.17, 15) is 5.11 Å². The van der Waals surface area contributed by atoms with Crippen molar-refractivity contribution in [2.45, 2.75) is 19.9 Å². The first-order valence-corrected chi connectivity index (χ1v) is 10.4. The third-order valence-electron chi connectivity index (χ3n) is 5.15. The molecule has 2 N–H and O–H groups in total. The maximum Gasteiger partial charge on any atom is 0.194 e. The minimum Gasteiger partial charge on any atom is -0.506 e. The number of rotatable bonds is 7. The molecule has 0 saturated carbocycles. The molecule has 3 rings (SSSR count). The smallest absolute Gasteiger partial charge is 0.194 e. The van der Waals surface area contributed by atoms with Crippen LogP contribution in [-0.2, 0) is 6.54 Å². The third kappa shape index (κ3) is 6.56. The molecule has 2 aromatic rings. The van der Waals surface area contributed by atoms with Gasteiger partial charge in [0.25, 0.3) is 0 Å². The molecule has 1 saturated heterocycles. The van der Waals surface area contributed by atoms with Gasteiger partial charge in [0, 0.05) is 39.8 Å². The van der Waals surface area contributed by atoms with E-state index < -0.39 is 0 Å². The summed E-state index contributed by atoms with van der Waals surface area (Å²) in [5, 5.41) is 13.5. The van der Waals surface area contributed by atoms with E-state index in [1.165, 1.54) is 0 Å². The van der Waals surface area contributed by atoms with Crippen LogP contribution in [0.15, 0.2) is 47.5 Å². The number of hydrogen-bond acceptors (Lipinski definition) is 5. The lowest BCUT2D eigenvalue weighted by Crippen LogP contribution is -2.52. The molecule has 1 aliphatic rings. The number of para-hydroxylation sites is 2. The Morgan fingerprint density at radius 1 is 1.10 bits per heavy atom. The molecule has 2 aromatic carbocycles. The molecule has 31 heavy (non-hydrogen) atoms. The van der Waals surface area contributed by atoms with Gasteiger partial charge in [-0.15, -0.1) is 24.0 Å². The topological polar surface area (TPSA) is 69.6 Å². The van der Waals surface area contributed by atoms with Crippen LogP contribution in [0.4, 0.5) is 5.69 Å². The molecule has 1 fully saturated rings. The molecule has 0 aromatic heterocycles. The molecule has 1 aliphatic heterocycles. The minimum absolute atomic E-state index is 0. The van der Waals surface area contributed by atoms with E-state index in [1.54, 1.807) is 20.2 Å². The summed E-state index contributed by atoms with van der Waals surface area (Å²) in [5.41, 5.74) is 1.99. The van der Waals surface area contributed by atoms with Gasteiger partial charge in [-0.05, 0) is 36.2 Å². The molecule has 0 radical (unpaired) electrons. The van der Waals surface area contributed by atoms with E-state index >= 15 is 0 Å². The van der Waals surface area contributed by atoms with E-state index in [0.717, 1.165) is 61.3 Å². The number of hydrogen-bond donors (Lipinski definition) is 2. The molecule has 8 heteroatoms. The van der Waals surface area contributed by atoms with Crippen molar-refractivity contribution >= 4 is 35.6 Å². The lowest BCUT2D eigenvalue weighted by Gasteiger charge is -2.37. The van der Waals surface area contributed by atoms with Gasteiger partial charge >= 0.3 is 0 Å². The monoisotopic (exact) mass is 540 g/mol. The maximum atomic E-state index is 10.1. The SMILES string of the molecule is CCCOc1ccc(CNC(=NC)N2CCN(c3ccccc3O)CC2)cc1OC.I. The van der Waals surface area contributed by atoms with Gasteiger partial charge in [0.15, 0.2) is 17.5 Å². The van der Waals surface area contributed by atoms with Gasteiger partial charge in [0.05, 0.1) is 19.4 Å². The zero-order valence-corrected chi connectivity index (χ0v) is 20.8. The highest BCUT2D eigenvalue weighted by atomic mass is 127. The van der Waals surface area contributed by atoms with Gasteiger partial charge in [0.2, 0.25) is 0 Å². The molecule has 170 valence electrons. The molecule has 7 nitrogen and oxygen atoms in total. The molecule has 0 bridgehead atoms. The highest BCUT2D eigenvalue weighted by Crippen LogP contribution is 2.29. The first-order chi connectivity index (χ1) is 14.7. The maximum absolute atomic E-state index is 10.1. The van der Waals surface area contributed by atoms with Crippen molar-refractivity contribution in [2.75, 3.05) is 51.8 Å². The normalized spacial score (nSPS) is 14.1. The van der Waals surface area contributed by atoms with Crippen LogP contribution in [0.1, 0.15) is 18.9 Å². The van der Waals surface area contributed by atoms with Crippen LogP contribution >= 0.6 is 24.0 Å². The Morgan fingerprint density at radius 3 is 2.48 bits per heavy atom. The number of phenols is 1. The van der Waals surface area contributed by atoms with E-state index in [-0.39, 0.29) is 24.0 Å². The number of aliphatic imine (C=N–C) groups is 1. The second kappa shape index (κ2) is 12.5. The van der Waals surface area contributed by atoms with Crippen LogP contribution in [0.2, 0.25) is 0 Å². The Bertz CT molecular complexity index is 854. The first-order valence-electron chi connectivity index (χ1n) is 10.4. The molecular formula is C23H33IN4O3. The summed E-state index contributed by atoms with van der Waals surface area (Å²) in [7, 11) is 3.47. The second-order valence-corrected chi connectivity index (χ2v) is 7.20. The van der Waals surface area contributed by atoms with Gasteiger partial charge < -0.3 is 29.7 Å². The Labute approximate surface area is 202 Å². The Morgan fingerprint density at radius 2 is 1.84 bits per heavy atom. The number of nitrogens with zero attached hydrogens (tertiary/aromatic N) is 3. The molecule has 0 aliphatic carbocycles. The summed E-state index contributed by atoms with van der Waals surface area (Å²) in [6, 6.07) is 13.5. The number of nitrogens with one attached hydrogen (secondary N) is 1. The second-order valence-electron chi connectivity index (χ2n) is 7.20. The molecule has 1 heterocycles. The highest BCUT2D eigenvalue weighted by molar-refractivity contribution is 14.0. The van der Waals surface area contributed by atoms with Crippen LogP contribution in [0.25, 0.3) is 0 Å². The molecule has 0 atom stereocenters. The summed E-state index contributed by atoms with van der Waals surface area (Å²) in [6.45, 7) is 6.73. The number of piperazine rings is 1. The van der Waals surface area contributed by atoms with Crippen LogP contribution in [-0.4, -0.2) is 62.9 Å². The fourth-order valence-corrected chi connectivity index (χ4v) is 3.56. The Hall–Kier alpha value is -2.36. The van der Waals surface area contributed by atoms with Crippen LogP contribution in [0, 0.1) is 0 Å². The highest BCUT2D eigenvalue weighted by Gasteiger charge is 2.21. The van der Waals surface area contributed by atoms with Gasteiger partial charge in [-0.25, -0.2) is 0 Å². The number of aromatic hydroxyl groups is 1. The number of halogens is 1. The van der Waals surface area contributed by atoms with Crippen LogP contribution in [0.3, 0.4) is 0 Å². The fraction of sp³-hybridized carbons (Fsp3) is 0.435. The van der Waals surface area contributed by atoms with E-state index in [4.69, 9.17) is 9.47 Å². The standard InChI is InChI=1S/C23H32N4O3.HI/c1-4-15-30-21-10-9-18(16-22(21)29-3)17-25-23(24-2)27-13-11-26(12-14-27)19-7-5-6-8-20(19)28;/h5-10,16,28H,4,11-15,17H2,1-3H3,(H,24,25);1H. The average molecular weight is 540 g/mol. The summed E-state index contributed by atoms with van der Waals surface area (Å²) in [5.74, 6) is 2.72. The van der Waals surface area contributed by atoms with Crippen molar-refractivity contribution in [2.24, 2.45) is 4.99 Å². The third-order valence-corrected chi connectivity index (χ3v) is 5.15. The zero-order valence-electron chi connectivity index (χ0n) is 18.5. The lowest BCUT2D eigenvalue weighted by atomic mass is 10.2. The van der Waals surface area contributed by atoms with Gasteiger partial charge in [0.1, 0.15) is 5.75 Å². The van der Waals surface area contributed by atoms with E-state index in [2.05, 4.69) is 27.0 Å². The zero-order chi connectivity index (χ0) is 21.3. The van der Waals surface area contributed by atoms with Crippen molar-refractivity contribution in [3.8, 4) is 17.2 Å². The number of phenolic OH excluding ortho intramolecular Hbond substituents is 1. The Balaban J connectivity index is 0.00000341. The van der Waals surface area contributed by atoms with Crippen LogP contribution in [0.5, 0.6) is 17.2 Å². The molecule has 0 unspecified atom stereocenters. The predicted molar refractivity (Wildman–Crippen MR) is 136 cm³/mol. The van der Waals surface area contributed by atoms with Crippen LogP contribution < -0.4 is 19.7 Å². The van der Waals surface area contributed by atoms with Crippen molar-refractivity contribution < 1.29 is 14.6 Å². The summed E-state index contributed by atoms with van der Waals surface area (Å²) in [4.78, 5) is 8.90. The van der Waals surface area contributed by atoms with Gasteiger partial charge in [-0.3, -0.25) is 4.99 Å². The number of anilines is 1. The lowest BCUT2D eigenvalue weighted by molar-refractivity contribution is 0.294. The molecular weight excluding hydrogens is 507 g/mol. The number of methoxy groups -OCH3 is 1. The average Bonchev–Trinajstić information content (AvgIpc) is 2.79. The first kappa shape index (κ1) is 24.9. The van der Waals surface area contributed by atoms with Gasteiger partial charge in [-0.2, -0.15) is 0 Å². The number of ether oxygens (including phenoxy) is 2. The largest absolute Gasteiger partial charge is 0.506 e. The minimum atomic E-state index is 0. The van der Waals surface area contributed by atoms with E-state index in [0.29, 0.717) is 18.9 Å². The van der Waals surface area contributed by atoms with E-state index in [1.807, 2.05) is 36.4 Å². The van der Waals surface area contributed by atoms with Crippen molar-refractivity contribution in [1.29, 1.82) is 0 Å². The number of guanidine groups is 1. The molecule has 0 spiro atoms. The predicted octanol–water partition coefficient (Wildman–Crippen LogP) is 3.71. The summed E-state index contributed by atoms with van der Waals surface area (Å²) >= 11 is 0. The van der Waals surface area contributed by atoms with Crippen molar-refractivity contribution in [3.63, 3.8) is 0 Å². The molecule has 0 amide bonds. The quantitative estimate of drug-likeness (QED) is 0.317. The number of benzene rings is 2. The van der Waals surface area contributed by atoms with Crippen molar-refractivity contribution in [3.05, 3.63) is 48.0 Å². The summed E-state index contributed by atoms with van der Waals surface area (Å²) in [6.07, 6.45) is 0.958. The fourth-order valence-electron chi connectivity index (χ4n) is 3.56. The van der Waals surface area contributed by atoms with Crippen molar-refractivity contribution in [1.82, 2.24) is 10.2 Å². The Kier molecular flexibility index (Phi) is 10.0.